The van der Waals surface area contributed by atoms with Crippen LogP contribution in [0.15, 0.2) is 4.99 Å². The third kappa shape index (κ3) is 3.35. The van der Waals surface area contributed by atoms with Gasteiger partial charge in [0, 0.05) is 6.42 Å². The van der Waals surface area contributed by atoms with Gasteiger partial charge in [-0.25, -0.2) is 4.84 Å². The molecule has 0 aromatic rings. The van der Waals surface area contributed by atoms with Crippen molar-refractivity contribution in [2.24, 2.45) is 10.7 Å². The monoisotopic (exact) mass is 257 g/mol. The SMILES string of the molecule is C=NC(N)(CC)ONI=C. The molecule has 1 unspecified atom stereocenters. The summed E-state index contributed by atoms with van der Waals surface area (Å²) in [6, 6.07) is 0. The first-order valence-electron chi connectivity index (χ1n) is 2.75. The molecule has 0 saturated carbocycles. The van der Waals surface area contributed by atoms with Crippen molar-refractivity contribution in [3.63, 3.8) is 0 Å². The fourth-order valence-corrected chi connectivity index (χ4v) is 0.847. The van der Waals surface area contributed by atoms with E-state index in [0.29, 0.717) is 6.42 Å². The summed E-state index contributed by atoms with van der Waals surface area (Å²) in [7, 11) is 0. The highest BCUT2D eigenvalue weighted by atomic mass is 127. The van der Waals surface area contributed by atoms with Crippen LogP contribution in [0.5, 0.6) is 0 Å². The van der Waals surface area contributed by atoms with Crippen LogP contribution in [0.3, 0.4) is 0 Å². The zero-order valence-corrected chi connectivity index (χ0v) is 8.09. The average Bonchev–Trinajstić information content (AvgIpc) is 2.00. The average molecular weight is 257 g/mol. The first kappa shape index (κ1) is 10.2. The second kappa shape index (κ2) is 4.89. The van der Waals surface area contributed by atoms with Crippen LogP contribution in [0.4, 0.5) is 0 Å². The summed E-state index contributed by atoms with van der Waals surface area (Å²) in [6.07, 6.45) is 0.591. The number of hydrogen-bond donors (Lipinski definition) is 2. The van der Waals surface area contributed by atoms with Gasteiger partial charge in [-0.05, 0) is 27.7 Å². The summed E-state index contributed by atoms with van der Waals surface area (Å²) in [5.41, 5.74) is 5.56. The Balaban J connectivity index is 3.79. The van der Waals surface area contributed by atoms with Crippen molar-refractivity contribution in [3.8, 4) is 0 Å². The summed E-state index contributed by atoms with van der Waals surface area (Å²) in [4.78, 5) is 8.57. The molecule has 0 rings (SSSR count). The number of nitrogens with zero attached hydrogens (tertiary/aromatic N) is 1. The minimum Gasteiger partial charge on any atom is -0.283 e. The van der Waals surface area contributed by atoms with E-state index in [4.69, 9.17) is 10.6 Å². The maximum atomic E-state index is 5.56. The molecule has 0 heterocycles. The van der Waals surface area contributed by atoms with Crippen molar-refractivity contribution in [2.45, 2.75) is 19.2 Å². The fraction of sp³-hybridized carbons (Fsp3) is 0.600. The lowest BCUT2D eigenvalue weighted by Gasteiger charge is -2.20. The highest BCUT2D eigenvalue weighted by Gasteiger charge is 2.19. The highest BCUT2D eigenvalue weighted by molar-refractivity contribution is 14.2. The molecule has 0 radical (unpaired) electrons. The van der Waals surface area contributed by atoms with Crippen molar-refractivity contribution < 1.29 is 4.84 Å². The zero-order valence-electron chi connectivity index (χ0n) is 5.93. The maximum Gasteiger partial charge on any atom is 0.231 e. The number of aliphatic imine (C=N–C) groups is 1. The van der Waals surface area contributed by atoms with E-state index in [1.54, 1.807) is 0 Å². The van der Waals surface area contributed by atoms with Gasteiger partial charge in [-0.3, -0.25) is 10.7 Å². The van der Waals surface area contributed by atoms with E-state index < -0.39 is 5.85 Å². The second-order valence-electron chi connectivity index (χ2n) is 1.67. The molecule has 60 valence electrons. The molecule has 0 spiro atoms. The lowest BCUT2D eigenvalue weighted by atomic mass is 10.3. The first-order valence-corrected chi connectivity index (χ1v) is 5.36. The summed E-state index contributed by atoms with van der Waals surface area (Å²) in [5, 5.41) is 0. The van der Waals surface area contributed by atoms with E-state index in [2.05, 4.69) is 19.9 Å². The smallest absolute Gasteiger partial charge is 0.231 e. The Kier molecular flexibility index (Phi) is 4.96. The van der Waals surface area contributed by atoms with Gasteiger partial charge in [0.1, 0.15) is 0 Å². The molecule has 10 heavy (non-hydrogen) atoms. The quantitative estimate of drug-likeness (QED) is 0.248. The molecule has 4 nitrogen and oxygen atoms in total. The fourth-order valence-electron chi connectivity index (χ4n) is 0.310. The van der Waals surface area contributed by atoms with Crippen molar-refractivity contribution in [2.75, 3.05) is 0 Å². The van der Waals surface area contributed by atoms with Gasteiger partial charge in [0.15, 0.2) is 0 Å². The van der Waals surface area contributed by atoms with E-state index in [1.165, 1.54) is 0 Å². The number of halogens is 1. The molecule has 0 saturated heterocycles. The van der Waals surface area contributed by atoms with Gasteiger partial charge in [-0.1, -0.05) is 11.4 Å². The topological polar surface area (TPSA) is 59.6 Å². The van der Waals surface area contributed by atoms with Gasteiger partial charge in [0.25, 0.3) is 0 Å². The number of hydrogen-bond acceptors (Lipinski definition) is 4. The molecule has 5 heteroatoms. The van der Waals surface area contributed by atoms with Gasteiger partial charge >= 0.3 is 0 Å². The summed E-state index contributed by atoms with van der Waals surface area (Å²) in [6.45, 7) is 5.18. The van der Waals surface area contributed by atoms with Crippen LogP contribution in [-0.2, 0) is 4.84 Å². The molecule has 0 aromatic heterocycles. The van der Waals surface area contributed by atoms with Crippen LogP contribution in [0.1, 0.15) is 13.3 Å². The number of nitrogens with one attached hydrogen (secondary N) is 1. The third-order valence-electron chi connectivity index (χ3n) is 1.04. The Morgan fingerprint density at radius 1 is 1.90 bits per heavy atom. The zero-order chi connectivity index (χ0) is 8.04. The van der Waals surface area contributed by atoms with E-state index in [9.17, 15) is 0 Å². The van der Waals surface area contributed by atoms with Gasteiger partial charge in [0.2, 0.25) is 5.85 Å². The summed E-state index contributed by atoms with van der Waals surface area (Å²) in [5.74, 6) is -0.975. The van der Waals surface area contributed by atoms with Crippen LogP contribution in [0, 0.1) is 0 Å². The van der Waals surface area contributed by atoms with E-state index >= 15 is 0 Å². The molecule has 0 amide bonds. The molecule has 0 aliphatic carbocycles. The number of nitrogens with two attached hydrogens (primary N) is 1. The van der Waals surface area contributed by atoms with Gasteiger partial charge < -0.3 is 0 Å². The molecule has 0 aromatic carbocycles. The predicted molar refractivity (Wildman–Crippen MR) is 52.1 cm³/mol. The Morgan fingerprint density at radius 2 is 2.50 bits per heavy atom. The molecular weight excluding hydrogens is 245 g/mol. The second-order valence-corrected chi connectivity index (χ2v) is 2.87. The van der Waals surface area contributed by atoms with E-state index in [1.807, 2.05) is 6.92 Å². The molecule has 0 aliphatic heterocycles. The molecule has 0 aliphatic rings. The van der Waals surface area contributed by atoms with Crippen molar-refractivity contribution in [3.05, 3.63) is 0 Å². The molecule has 1 atom stereocenters. The predicted octanol–water partition coefficient (Wildman–Crippen LogP) is 0.548. The lowest BCUT2D eigenvalue weighted by Crippen LogP contribution is -2.42. The summed E-state index contributed by atoms with van der Waals surface area (Å²) < 4.78 is 6.24. The highest BCUT2D eigenvalue weighted by Crippen LogP contribution is 2.07. The van der Waals surface area contributed by atoms with Gasteiger partial charge in [0.05, 0.1) is 0 Å². The molecule has 3 N–H and O–H groups in total. The third-order valence-corrected chi connectivity index (χ3v) is 1.58. The normalized spacial score (nSPS) is 16.2. The maximum absolute atomic E-state index is 5.56. The molecular formula is C5H12IN3O. The van der Waals surface area contributed by atoms with E-state index in [-0.39, 0.29) is 21.0 Å². The van der Waals surface area contributed by atoms with Gasteiger partial charge in [-0.2, -0.15) is 0 Å². The van der Waals surface area contributed by atoms with Crippen LogP contribution in [0.25, 0.3) is 0 Å². The van der Waals surface area contributed by atoms with Crippen LogP contribution in [0.2, 0.25) is 0 Å². The first-order chi connectivity index (χ1) is 4.68. The van der Waals surface area contributed by atoms with Crippen molar-refractivity contribution in [1.82, 2.24) is 3.69 Å². The van der Waals surface area contributed by atoms with E-state index in [0.717, 1.165) is 0 Å². The Labute approximate surface area is 70.9 Å². The molecule has 0 bridgehead atoms. The van der Waals surface area contributed by atoms with Crippen LogP contribution in [-0.4, -0.2) is 17.1 Å². The lowest BCUT2D eigenvalue weighted by molar-refractivity contribution is -0.0552. The Bertz CT molecular complexity index is 130. The van der Waals surface area contributed by atoms with Crippen LogP contribution < -0.4 is 9.43 Å². The Morgan fingerprint density at radius 3 is 2.80 bits per heavy atom. The number of rotatable bonds is 5. The largest absolute Gasteiger partial charge is 0.283 e. The van der Waals surface area contributed by atoms with Crippen LogP contribution >= 0.6 is 21.0 Å². The molecule has 0 fully saturated rings. The van der Waals surface area contributed by atoms with Gasteiger partial charge in [-0.15, -0.1) is 3.69 Å². The standard InChI is InChI=1S/C5H12IN3O/c1-4-5(7,8-3)10-9-6-2/h9H,2-4,7H2,1H3. The minimum atomic E-state index is -0.975. The van der Waals surface area contributed by atoms with Crippen molar-refractivity contribution >= 4 is 32.2 Å². The van der Waals surface area contributed by atoms with Crippen molar-refractivity contribution in [1.29, 1.82) is 0 Å². The Hall–Kier alpha value is 0.150. The summed E-state index contributed by atoms with van der Waals surface area (Å²) >= 11 is -0.361. The minimum absolute atomic E-state index is 0.361.